The topological polar surface area (TPSA) is 92.4 Å². The van der Waals surface area contributed by atoms with Crippen LogP contribution >= 0.6 is 0 Å². The molecule has 102 valence electrons. The number of rotatable bonds is 6. The summed E-state index contributed by atoms with van der Waals surface area (Å²) >= 11 is 0. The predicted molar refractivity (Wildman–Crippen MR) is 73.3 cm³/mol. The lowest BCUT2D eigenvalue weighted by Gasteiger charge is -2.14. The third kappa shape index (κ3) is 4.19. The van der Waals surface area contributed by atoms with Crippen molar-refractivity contribution in [2.45, 2.75) is 18.2 Å². The van der Waals surface area contributed by atoms with Gasteiger partial charge < -0.3 is 16.2 Å². The molecule has 0 aromatic heterocycles. The van der Waals surface area contributed by atoms with Crippen molar-refractivity contribution < 1.29 is 13.5 Å². The van der Waals surface area contributed by atoms with Crippen LogP contribution in [0.1, 0.15) is 13.3 Å². The van der Waals surface area contributed by atoms with Gasteiger partial charge in [-0.2, -0.15) is 0 Å². The number of hydrogen-bond donors (Lipinski definition) is 3. The molecule has 0 aliphatic carbocycles. The second-order valence-corrected chi connectivity index (χ2v) is 6.54. The maximum atomic E-state index is 11.3. The number of benzene rings is 1. The van der Waals surface area contributed by atoms with Crippen molar-refractivity contribution in [3.05, 3.63) is 18.2 Å². The maximum Gasteiger partial charge on any atom is 0.175 e. The molecule has 4 N–H and O–H groups in total. The summed E-state index contributed by atoms with van der Waals surface area (Å²) in [5.41, 5.74) is 6.93. The molecule has 1 unspecified atom stereocenters. The van der Waals surface area contributed by atoms with E-state index in [0.717, 1.165) is 6.26 Å². The summed E-state index contributed by atoms with van der Waals surface area (Å²) in [4.78, 5) is 0.217. The van der Waals surface area contributed by atoms with Crippen molar-refractivity contribution in [2.75, 3.05) is 30.5 Å². The van der Waals surface area contributed by atoms with Crippen LogP contribution in [0.3, 0.4) is 0 Å². The van der Waals surface area contributed by atoms with Crippen LogP contribution in [0.5, 0.6) is 0 Å². The fourth-order valence-corrected chi connectivity index (χ4v) is 2.20. The van der Waals surface area contributed by atoms with Gasteiger partial charge in [-0.3, -0.25) is 0 Å². The Morgan fingerprint density at radius 1 is 1.44 bits per heavy atom. The molecule has 0 bridgehead atoms. The molecule has 0 amide bonds. The van der Waals surface area contributed by atoms with Crippen LogP contribution in [0.4, 0.5) is 11.4 Å². The average molecular weight is 272 g/mol. The van der Waals surface area contributed by atoms with Gasteiger partial charge in [-0.05, 0) is 30.5 Å². The summed E-state index contributed by atoms with van der Waals surface area (Å²) in [7, 11) is -3.22. The normalized spacial score (nSPS) is 13.3. The minimum atomic E-state index is -3.22. The lowest BCUT2D eigenvalue weighted by Crippen LogP contribution is -2.13. The fourth-order valence-electron chi connectivity index (χ4n) is 1.54. The van der Waals surface area contributed by atoms with Gasteiger partial charge in [0.05, 0.1) is 16.3 Å². The Morgan fingerprint density at radius 2 is 2.11 bits per heavy atom. The second kappa shape index (κ2) is 6.06. The number of aliphatic hydroxyl groups excluding tert-OH is 1. The molecule has 18 heavy (non-hydrogen) atoms. The highest BCUT2D eigenvalue weighted by molar-refractivity contribution is 7.90. The summed E-state index contributed by atoms with van der Waals surface area (Å²) in [6, 6.07) is 4.65. The van der Waals surface area contributed by atoms with E-state index in [0.29, 0.717) is 30.3 Å². The number of anilines is 2. The van der Waals surface area contributed by atoms with Gasteiger partial charge in [0.25, 0.3) is 0 Å². The third-order valence-electron chi connectivity index (χ3n) is 2.71. The Hall–Kier alpha value is -1.27. The lowest BCUT2D eigenvalue weighted by molar-refractivity contribution is 0.266. The average Bonchev–Trinajstić information content (AvgIpc) is 2.26. The SMILES string of the molecule is CC(CCO)CNc1ccc(S(C)(=O)=O)cc1N. The van der Waals surface area contributed by atoms with Gasteiger partial charge in [0, 0.05) is 19.4 Å². The van der Waals surface area contributed by atoms with Crippen molar-refractivity contribution in [1.29, 1.82) is 0 Å². The van der Waals surface area contributed by atoms with Gasteiger partial charge in [0.15, 0.2) is 9.84 Å². The molecule has 6 heteroatoms. The van der Waals surface area contributed by atoms with Crippen LogP contribution in [-0.2, 0) is 9.84 Å². The van der Waals surface area contributed by atoms with E-state index in [4.69, 9.17) is 10.8 Å². The molecule has 0 fully saturated rings. The predicted octanol–water partition coefficient (Wildman–Crippen LogP) is 1.10. The molecule has 0 spiro atoms. The van der Waals surface area contributed by atoms with Gasteiger partial charge >= 0.3 is 0 Å². The number of nitrogen functional groups attached to an aromatic ring is 1. The second-order valence-electron chi connectivity index (χ2n) is 4.52. The molecule has 5 nitrogen and oxygen atoms in total. The van der Waals surface area contributed by atoms with Gasteiger partial charge in [0.1, 0.15) is 0 Å². The Kier molecular flexibility index (Phi) is 4.98. The minimum Gasteiger partial charge on any atom is -0.397 e. The van der Waals surface area contributed by atoms with Crippen molar-refractivity contribution in [3.8, 4) is 0 Å². The molecule has 0 saturated carbocycles. The van der Waals surface area contributed by atoms with E-state index in [1.165, 1.54) is 12.1 Å². The number of sulfone groups is 1. The number of nitrogens with one attached hydrogen (secondary N) is 1. The van der Waals surface area contributed by atoms with Crippen molar-refractivity contribution in [2.24, 2.45) is 5.92 Å². The summed E-state index contributed by atoms with van der Waals surface area (Å²) in [6.07, 6.45) is 1.87. The van der Waals surface area contributed by atoms with E-state index >= 15 is 0 Å². The highest BCUT2D eigenvalue weighted by atomic mass is 32.2. The zero-order valence-electron chi connectivity index (χ0n) is 10.7. The lowest BCUT2D eigenvalue weighted by atomic mass is 10.1. The standard InChI is InChI=1S/C12H20N2O3S/c1-9(5-6-15)8-14-12-4-3-10(7-11(12)13)18(2,16)17/h3-4,7,9,14-15H,5-6,8,13H2,1-2H3. The van der Waals surface area contributed by atoms with E-state index < -0.39 is 9.84 Å². The molecule has 0 radical (unpaired) electrons. The zero-order chi connectivity index (χ0) is 13.8. The van der Waals surface area contributed by atoms with Crippen molar-refractivity contribution >= 4 is 21.2 Å². The fraction of sp³-hybridized carbons (Fsp3) is 0.500. The largest absolute Gasteiger partial charge is 0.397 e. The minimum absolute atomic E-state index is 0.158. The van der Waals surface area contributed by atoms with E-state index in [1.807, 2.05) is 6.92 Å². The molecule has 0 heterocycles. The summed E-state index contributed by atoms with van der Waals surface area (Å²) < 4.78 is 22.7. The van der Waals surface area contributed by atoms with E-state index in [-0.39, 0.29) is 11.5 Å². The first-order valence-electron chi connectivity index (χ1n) is 5.79. The smallest absolute Gasteiger partial charge is 0.175 e. The monoisotopic (exact) mass is 272 g/mol. The summed E-state index contributed by atoms with van der Waals surface area (Å²) in [6.45, 7) is 2.86. The highest BCUT2D eigenvalue weighted by Gasteiger charge is 2.10. The number of nitrogens with two attached hydrogens (primary N) is 1. The molecule has 0 aliphatic heterocycles. The summed E-state index contributed by atoms with van der Waals surface area (Å²) in [5.74, 6) is 0.323. The van der Waals surface area contributed by atoms with Crippen molar-refractivity contribution in [3.63, 3.8) is 0 Å². The molecular formula is C12H20N2O3S. The van der Waals surface area contributed by atoms with E-state index in [9.17, 15) is 8.42 Å². The Morgan fingerprint density at radius 3 is 2.61 bits per heavy atom. The molecule has 1 atom stereocenters. The third-order valence-corrected chi connectivity index (χ3v) is 3.82. The quantitative estimate of drug-likeness (QED) is 0.674. The van der Waals surface area contributed by atoms with Gasteiger partial charge in [0.2, 0.25) is 0 Å². The molecule has 1 rings (SSSR count). The Balaban J connectivity index is 2.75. The van der Waals surface area contributed by atoms with Crippen LogP contribution in [0, 0.1) is 5.92 Å². The van der Waals surface area contributed by atoms with Crippen LogP contribution in [0.25, 0.3) is 0 Å². The first kappa shape index (κ1) is 14.8. The highest BCUT2D eigenvalue weighted by Crippen LogP contribution is 2.22. The van der Waals surface area contributed by atoms with E-state index in [1.54, 1.807) is 6.07 Å². The van der Waals surface area contributed by atoms with Crippen LogP contribution in [-0.4, -0.2) is 32.9 Å². The maximum absolute atomic E-state index is 11.3. The number of aliphatic hydroxyl groups is 1. The Labute approximate surface area is 108 Å². The first-order valence-corrected chi connectivity index (χ1v) is 7.68. The van der Waals surface area contributed by atoms with Crippen LogP contribution in [0.2, 0.25) is 0 Å². The van der Waals surface area contributed by atoms with Gasteiger partial charge in [-0.25, -0.2) is 8.42 Å². The molecule has 1 aromatic carbocycles. The molecule has 0 aliphatic rings. The van der Waals surface area contributed by atoms with E-state index in [2.05, 4.69) is 5.32 Å². The molecule has 0 saturated heterocycles. The zero-order valence-corrected chi connectivity index (χ0v) is 11.5. The van der Waals surface area contributed by atoms with Crippen LogP contribution in [0.15, 0.2) is 23.1 Å². The van der Waals surface area contributed by atoms with Crippen LogP contribution < -0.4 is 11.1 Å². The molecule has 1 aromatic rings. The summed E-state index contributed by atoms with van der Waals surface area (Å²) in [5, 5.41) is 11.9. The number of hydrogen-bond acceptors (Lipinski definition) is 5. The van der Waals surface area contributed by atoms with Gasteiger partial charge in [-0.1, -0.05) is 6.92 Å². The first-order chi connectivity index (χ1) is 8.34. The van der Waals surface area contributed by atoms with Crippen molar-refractivity contribution in [1.82, 2.24) is 0 Å². The Bertz CT molecular complexity index is 500. The molecular weight excluding hydrogens is 252 g/mol. The van der Waals surface area contributed by atoms with Gasteiger partial charge in [-0.15, -0.1) is 0 Å².